The summed E-state index contributed by atoms with van der Waals surface area (Å²) in [5.74, 6) is -3.29. The highest BCUT2D eigenvalue weighted by Gasteiger charge is 2.76. The number of rotatable bonds is 16. The van der Waals surface area contributed by atoms with E-state index in [-0.39, 0.29) is 42.1 Å². The van der Waals surface area contributed by atoms with E-state index in [4.69, 9.17) is 5.73 Å². The molecule has 3 aliphatic rings. The van der Waals surface area contributed by atoms with E-state index in [0.29, 0.717) is 6.42 Å². The van der Waals surface area contributed by atoms with Crippen LogP contribution in [-0.4, -0.2) is 75.4 Å². The van der Waals surface area contributed by atoms with Crippen LogP contribution in [-0.2, 0) is 49.7 Å². The summed E-state index contributed by atoms with van der Waals surface area (Å²) in [7, 11) is 0. The molecule has 2 heterocycles. The summed E-state index contributed by atoms with van der Waals surface area (Å²) < 4.78 is -0.241. The second-order valence-electron chi connectivity index (χ2n) is 14.8. The molecular weight excluding hydrogens is 719 g/mol. The zero-order valence-corrected chi connectivity index (χ0v) is 31.4. The lowest BCUT2D eigenvalue weighted by molar-refractivity contribution is -0.734. The Hall–Kier alpha value is -6.43. The molecule has 4 aromatic rings. The number of nitrogens with zero attached hydrogens (tertiary/aromatic N) is 1. The molecule has 11 heteroatoms. The second kappa shape index (κ2) is 17.2. The smallest absolute Gasteiger partial charge is 0.337 e. The third kappa shape index (κ3) is 8.55. The van der Waals surface area contributed by atoms with Crippen molar-refractivity contribution in [2.24, 2.45) is 5.73 Å². The predicted octanol–water partition coefficient (Wildman–Crippen LogP) is 3.70. The van der Waals surface area contributed by atoms with Gasteiger partial charge in [-0.3, -0.25) is 14.4 Å². The van der Waals surface area contributed by atoms with Gasteiger partial charge in [0, 0.05) is 43.8 Å². The first-order chi connectivity index (χ1) is 27.6. The molecule has 11 nitrogen and oxygen atoms in total. The van der Waals surface area contributed by atoms with Crippen molar-refractivity contribution in [1.29, 1.82) is 0 Å². The number of benzene rings is 4. The number of carboxylic acid groups (broad SMARTS) is 1. The zero-order valence-electron chi connectivity index (χ0n) is 31.4. The van der Waals surface area contributed by atoms with E-state index in [0.717, 1.165) is 33.5 Å². The Balaban J connectivity index is 1.20. The molecule has 4 aromatic carbocycles. The molecule has 2 fully saturated rings. The van der Waals surface area contributed by atoms with Gasteiger partial charge in [-0.05, 0) is 22.3 Å². The lowest BCUT2D eigenvalue weighted by Gasteiger charge is -2.33. The van der Waals surface area contributed by atoms with E-state index < -0.39 is 53.9 Å². The van der Waals surface area contributed by atoms with Gasteiger partial charge in [0.15, 0.2) is 17.8 Å². The quantitative estimate of drug-likeness (QED) is 0.0857. The molecule has 7 rings (SSSR count). The molecule has 7 unspecified atom stereocenters. The number of carbonyl (C=O) groups is 5. The maximum Gasteiger partial charge on any atom is 0.337 e. The molecule has 57 heavy (non-hydrogen) atoms. The minimum Gasteiger partial charge on any atom is -0.480 e. The largest absolute Gasteiger partial charge is 0.480 e. The number of carboxylic acids is 1. The van der Waals surface area contributed by atoms with Gasteiger partial charge in [-0.2, -0.15) is 0 Å². The Morgan fingerprint density at radius 1 is 0.596 bits per heavy atom. The van der Waals surface area contributed by atoms with Crippen LogP contribution >= 0.6 is 0 Å². The third-order valence-corrected chi connectivity index (χ3v) is 11.0. The van der Waals surface area contributed by atoms with Gasteiger partial charge in [-0.1, -0.05) is 140 Å². The highest BCUT2D eigenvalue weighted by molar-refractivity contribution is 5.95. The number of piperidine rings is 1. The van der Waals surface area contributed by atoms with E-state index in [2.05, 4.69) is 16.0 Å². The van der Waals surface area contributed by atoms with Gasteiger partial charge in [0.05, 0.1) is 0 Å². The molecule has 290 valence electrons. The molecule has 0 saturated carbocycles. The highest BCUT2D eigenvalue weighted by atomic mass is 16.4. The summed E-state index contributed by atoms with van der Waals surface area (Å²) in [5, 5.41) is 18.6. The molecule has 7 atom stereocenters. The lowest BCUT2D eigenvalue weighted by Crippen LogP contribution is -2.63. The van der Waals surface area contributed by atoms with Crippen molar-refractivity contribution in [2.45, 2.75) is 68.4 Å². The average molecular weight is 765 g/mol. The van der Waals surface area contributed by atoms with Gasteiger partial charge in [0.2, 0.25) is 11.8 Å². The van der Waals surface area contributed by atoms with Crippen LogP contribution < -0.4 is 21.7 Å². The van der Waals surface area contributed by atoms with E-state index in [1.165, 1.54) is 0 Å². The monoisotopic (exact) mass is 764 g/mol. The molecule has 6 N–H and O–H groups in total. The Kier molecular flexibility index (Phi) is 11.7. The summed E-state index contributed by atoms with van der Waals surface area (Å²) in [4.78, 5) is 70.1. The van der Waals surface area contributed by atoms with Crippen molar-refractivity contribution in [3.63, 3.8) is 0 Å². The maximum absolute atomic E-state index is 14.9. The third-order valence-electron chi connectivity index (χ3n) is 11.0. The number of carbonyl (C=O) groups excluding carboxylic acids is 4. The van der Waals surface area contributed by atoms with Crippen LogP contribution in [0, 0.1) is 0 Å². The fourth-order valence-corrected chi connectivity index (χ4v) is 8.22. The van der Waals surface area contributed by atoms with E-state index in [1.807, 2.05) is 121 Å². The number of hydrogen-bond donors (Lipinski definition) is 5. The molecule has 0 radical (unpaired) electrons. The Morgan fingerprint density at radius 3 is 1.47 bits per heavy atom. The minimum atomic E-state index is -1.26. The molecule has 0 bridgehead atoms. The number of quaternary nitrogens is 1. The second-order valence-corrected chi connectivity index (χ2v) is 14.8. The molecule has 0 spiro atoms. The van der Waals surface area contributed by atoms with Crippen LogP contribution in [0.1, 0.15) is 28.7 Å². The summed E-state index contributed by atoms with van der Waals surface area (Å²) >= 11 is 0. The number of aliphatic carboxylic acids is 1. The van der Waals surface area contributed by atoms with Crippen molar-refractivity contribution < 1.29 is 33.6 Å². The van der Waals surface area contributed by atoms with Gasteiger partial charge >= 0.3 is 11.9 Å². The van der Waals surface area contributed by atoms with Gasteiger partial charge in [-0.25, -0.2) is 14.1 Å². The van der Waals surface area contributed by atoms with Crippen molar-refractivity contribution in [1.82, 2.24) is 16.0 Å². The molecule has 2 saturated heterocycles. The maximum atomic E-state index is 14.9. The predicted molar refractivity (Wildman–Crippen MR) is 215 cm³/mol. The van der Waals surface area contributed by atoms with Crippen molar-refractivity contribution in [2.75, 3.05) is 0 Å². The number of nitrogens with one attached hydrogen (secondary N) is 3. The Bertz CT molecular complexity index is 2210. The fraction of sp³-hybridized carbons (Fsp3) is 0.239. The number of amides is 4. The van der Waals surface area contributed by atoms with Crippen LogP contribution in [0.5, 0.6) is 0 Å². The van der Waals surface area contributed by atoms with Crippen LogP contribution in [0.15, 0.2) is 157 Å². The van der Waals surface area contributed by atoms with Crippen LogP contribution in [0.4, 0.5) is 0 Å². The number of nitrogens with two attached hydrogens (primary N) is 1. The normalized spacial score (nSPS) is 21.2. The van der Waals surface area contributed by atoms with Crippen LogP contribution in [0.2, 0.25) is 0 Å². The van der Waals surface area contributed by atoms with Crippen LogP contribution in [0.25, 0.3) is 0 Å². The molecular formula is C46H46N5O6+. The molecule has 4 amide bonds. The van der Waals surface area contributed by atoms with Gasteiger partial charge in [0.1, 0.15) is 24.2 Å². The van der Waals surface area contributed by atoms with Gasteiger partial charge in [0.25, 0.3) is 5.91 Å². The van der Waals surface area contributed by atoms with Gasteiger partial charge in [-0.15, -0.1) is 0 Å². The number of allylic oxidation sites excluding steroid dienone is 4. The van der Waals surface area contributed by atoms with Crippen molar-refractivity contribution in [3.05, 3.63) is 179 Å². The Morgan fingerprint density at radius 2 is 1.00 bits per heavy atom. The summed E-state index contributed by atoms with van der Waals surface area (Å²) in [6.45, 7) is 0. The SMILES string of the molecule is NC1CC2=CC=CC=C3C2[N+]3(C(Cc2ccccc2)C(=O)NC(Cc2ccccc2)C(=O)NC(Cc2ccccc2)C(=O)NC(Cc2ccccc2)C(=O)O)C1=O. The first-order valence-corrected chi connectivity index (χ1v) is 19.2. The van der Waals surface area contributed by atoms with E-state index in [9.17, 15) is 29.1 Å². The van der Waals surface area contributed by atoms with Crippen molar-refractivity contribution >= 4 is 29.6 Å². The van der Waals surface area contributed by atoms with Crippen LogP contribution in [0.3, 0.4) is 0 Å². The Labute approximate surface area is 331 Å². The van der Waals surface area contributed by atoms with Crippen molar-refractivity contribution in [3.8, 4) is 0 Å². The number of hydrogen-bond acceptors (Lipinski definition) is 6. The van der Waals surface area contributed by atoms with E-state index >= 15 is 0 Å². The summed E-state index contributed by atoms with van der Waals surface area (Å²) in [6, 6.07) is 30.9. The highest BCUT2D eigenvalue weighted by Crippen LogP contribution is 2.56. The lowest BCUT2D eigenvalue weighted by atomic mass is 9.94. The summed E-state index contributed by atoms with van der Waals surface area (Å²) in [5.41, 5.74) is 11.3. The van der Waals surface area contributed by atoms with Gasteiger partial charge < -0.3 is 26.8 Å². The molecule has 2 aliphatic heterocycles. The summed E-state index contributed by atoms with van der Waals surface area (Å²) in [6.07, 6.45) is 8.41. The minimum absolute atomic E-state index is 0.0376. The standard InChI is InChI=1S/C46H45N5O6/c47-35-29-34-23-13-14-24-39-41(34)51(39,45(35)55)40(28-33-21-11-4-12-22-33)44(54)49-37(26-31-17-7-2-8-18-31)42(52)48-36(25-30-15-5-1-6-16-30)43(53)50-38(46(56)57)27-32-19-9-3-10-20-32/h1-24,35-38,40-41H,25-29,47H2,(H3-,48,49,50,52,53,54,56,57)/p+1. The zero-order chi connectivity index (χ0) is 39.9. The number of fused-ring (bicyclic) bond motifs is 1. The topological polar surface area (TPSA) is 168 Å². The first-order valence-electron chi connectivity index (χ1n) is 19.2. The van der Waals surface area contributed by atoms with E-state index in [1.54, 1.807) is 24.3 Å². The molecule has 0 aromatic heterocycles. The average Bonchev–Trinajstić information content (AvgIpc) is 3.94. The molecule has 1 aliphatic carbocycles. The first kappa shape index (κ1) is 38.8. The fourth-order valence-electron chi connectivity index (χ4n) is 8.22.